The summed E-state index contributed by atoms with van der Waals surface area (Å²) in [4.78, 5) is 9.55. The van der Waals surface area contributed by atoms with Crippen LogP contribution >= 0.6 is 0 Å². The van der Waals surface area contributed by atoms with Crippen molar-refractivity contribution in [3.05, 3.63) is 36.5 Å². The van der Waals surface area contributed by atoms with E-state index in [0.717, 1.165) is 10.9 Å². The minimum Gasteiger partial charge on any atom is -0.284 e. The van der Waals surface area contributed by atoms with Gasteiger partial charge in [-0.05, 0) is 30.7 Å². The number of sulfonamides is 1. The predicted octanol–water partition coefficient (Wildman–Crippen LogP) is 1.56. The molecule has 0 N–H and O–H groups in total. The number of benzene rings is 1. The molecule has 0 unspecified atom stereocenters. The van der Waals surface area contributed by atoms with E-state index in [0.29, 0.717) is 24.1 Å². The lowest BCUT2D eigenvalue weighted by molar-refractivity contribution is -0.0283. The van der Waals surface area contributed by atoms with Gasteiger partial charge in [0.05, 0.1) is 17.0 Å². The topological polar surface area (TPSA) is 59.5 Å². The first-order valence-corrected chi connectivity index (χ1v) is 7.13. The maximum atomic E-state index is 12.4. The number of hydrogen-bond acceptors (Lipinski definition) is 4. The molecule has 18 heavy (non-hydrogen) atoms. The van der Waals surface area contributed by atoms with Crippen molar-refractivity contribution in [1.29, 1.82) is 0 Å². The molecule has 0 atom stereocenters. The summed E-state index contributed by atoms with van der Waals surface area (Å²) in [5, 5.41) is 0.621. The molecule has 1 saturated heterocycles. The summed E-state index contributed by atoms with van der Waals surface area (Å²) in [5.41, 5.74) is 0.665. The van der Waals surface area contributed by atoms with Crippen LogP contribution in [0.2, 0.25) is 0 Å². The lowest BCUT2D eigenvalue weighted by Crippen LogP contribution is -2.26. The Bertz CT molecular complexity index is 673. The van der Waals surface area contributed by atoms with Crippen molar-refractivity contribution >= 4 is 20.9 Å². The molecule has 1 aliphatic heterocycles. The SMILES string of the molecule is O=S(=O)(c1cccc2ncccc12)N1CCCO1. The Morgan fingerprint density at radius 2 is 2.11 bits per heavy atom. The smallest absolute Gasteiger partial charge is 0.265 e. The van der Waals surface area contributed by atoms with Gasteiger partial charge in [0.25, 0.3) is 10.0 Å². The number of hydrogen-bond donors (Lipinski definition) is 0. The van der Waals surface area contributed by atoms with Crippen LogP contribution in [-0.4, -0.2) is 31.0 Å². The number of rotatable bonds is 2. The van der Waals surface area contributed by atoms with Crippen LogP contribution in [0.15, 0.2) is 41.4 Å². The third-order valence-electron chi connectivity index (χ3n) is 2.87. The molecule has 2 heterocycles. The first kappa shape index (κ1) is 11.6. The molecule has 3 rings (SSSR count). The molecule has 6 heteroatoms. The van der Waals surface area contributed by atoms with Gasteiger partial charge in [-0.2, -0.15) is 0 Å². The molecule has 0 aliphatic carbocycles. The van der Waals surface area contributed by atoms with Gasteiger partial charge < -0.3 is 0 Å². The zero-order valence-corrected chi connectivity index (χ0v) is 10.4. The molecule has 2 aromatic rings. The summed E-state index contributed by atoms with van der Waals surface area (Å²) in [6.45, 7) is 0.848. The van der Waals surface area contributed by atoms with Crippen LogP contribution in [0, 0.1) is 0 Å². The second-order valence-corrected chi connectivity index (χ2v) is 5.84. The summed E-state index contributed by atoms with van der Waals surface area (Å²) < 4.78 is 25.9. The zero-order valence-electron chi connectivity index (χ0n) is 9.61. The largest absolute Gasteiger partial charge is 0.284 e. The summed E-state index contributed by atoms with van der Waals surface area (Å²) >= 11 is 0. The Balaban J connectivity index is 2.19. The van der Waals surface area contributed by atoms with Crippen molar-refractivity contribution in [2.24, 2.45) is 0 Å². The fourth-order valence-corrected chi connectivity index (χ4v) is 3.53. The number of fused-ring (bicyclic) bond motifs is 1. The molecule has 0 spiro atoms. The van der Waals surface area contributed by atoms with E-state index in [-0.39, 0.29) is 4.90 Å². The van der Waals surface area contributed by atoms with E-state index >= 15 is 0 Å². The molecule has 0 bridgehead atoms. The molecule has 0 saturated carbocycles. The predicted molar refractivity (Wildman–Crippen MR) is 66.2 cm³/mol. The van der Waals surface area contributed by atoms with Crippen LogP contribution in [-0.2, 0) is 14.9 Å². The molecule has 1 fully saturated rings. The average Bonchev–Trinajstić information content (AvgIpc) is 2.92. The maximum Gasteiger partial charge on any atom is 0.265 e. The van der Waals surface area contributed by atoms with E-state index in [4.69, 9.17) is 4.84 Å². The highest BCUT2D eigenvalue weighted by molar-refractivity contribution is 7.89. The van der Waals surface area contributed by atoms with Crippen molar-refractivity contribution < 1.29 is 13.3 Å². The normalized spacial score (nSPS) is 17.3. The van der Waals surface area contributed by atoms with Gasteiger partial charge in [0.1, 0.15) is 0 Å². The lowest BCUT2D eigenvalue weighted by atomic mass is 10.2. The van der Waals surface area contributed by atoms with Crippen molar-refractivity contribution in [2.75, 3.05) is 13.2 Å². The van der Waals surface area contributed by atoms with Crippen molar-refractivity contribution in [3.8, 4) is 0 Å². The highest BCUT2D eigenvalue weighted by Crippen LogP contribution is 2.26. The average molecular weight is 264 g/mol. The van der Waals surface area contributed by atoms with Gasteiger partial charge in [-0.1, -0.05) is 10.5 Å². The number of hydroxylamine groups is 1. The van der Waals surface area contributed by atoms with Gasteiger partial charge in [-0.15, -0.1) is 0 Å². The fraction of sp³-hybridized carbons (Fsp3) is 0.250. The van der Waals surface area contributed by atoms with Gasteiger partial charge in [0, 0.05) is 18.1 Å². The second-order valence-electron chi connectivity index (χ2n) is 4.04. The molecular formula is C12H12N2O3S. The maximum absolute atomic E-state index is 12.4. The van der Waals surface area contributed by atoms with E-state index in [1.165, 1.54) is 0 Å². The van der Waals surface area contributed by atoms with Crippen LogP contribution < -0.4 is 0 Å². The Morgan fingerprint density at radius 1 is 1.22 bits per heavy atom. The highest BCUT2D eigenvalue weighted by Gasteiger charge is 2.30. The van der Waals surface area contributed by atoms with Crippen LogP contribution in [0.1, 0.15) is 6.42 Å². The second kappa shape index (κ2) is 4.31. The van der Waals surface area contributed by atoms with Crippen molar-refractivity contribution in [3.63, 3.8) is 0 Å². The molecule has 1 aromatic carbocycles. The molecular weight excluding hydrogens is 252 g/mol. The monoisotopic (exact) mass is 264 g/mol. The minimum atomic E-state index is -3.59. The Hall–Kier alpha value is -1.50. The van der Waals surface area contributed by atoms with E-state index < -0.39 is 10.0 Å². The standard InChI is InChI=1S/C12H12N2O3S/c15-18(16,14-8-3-9-17-14)12-6-1-5-11-10(12)4-2-7-13-11/h1-2,4-7H,3,8-9H2. The highest BCUT2D eigenvalue weighted by atomic mass is 32.2. The fourth-order valence-electron chi connectivity index (χ4n) is 2.02. The van der Waals surface area contributed by atoms with E-state index in [9.17, 15) is 8.42 Å². The van der Waals surface area contributed by atoms with Gasteiger partial charge in [0.2, 0.25) is 0 Å². The summed E-state index contributed by atoms with van der Waals surface area (Å²) in [6.07, 6.45) is 2.37. The van der Waals surface area contributed by atoms with Crippen LogP contribution in [0.25, 0.3) is 10.9 Å². The number of aromatic nitrogens is 1. The minimum absolute atomic E-state index is 0.245. The van der Waals surface area contributed by atoms with Crippen LogP contribution in [0.3, 0.4) is 0 Å². The Kier molecular flexibility index (Phi) is 2.77. The first-order valence-electron chi connectivity index (χ1n) is 5.69. The first-order chi connectivity index (χ1) is 8.69. The third kappa shape index (κ3) is 1.78. The molecule has 1 aromatic heterocycles. The lowest BCUT2D eigenvalue weighted by Gasteiger charge is -2.15. The van der Waals surface area contributed by atoms with Crippen LogP contribution in [0.5, 0.6) is 0 Å². The van der Waals surface area contributed by atoms with E-state index in [1.807, 2.05) is 0 Å². The number of pyridine rings is 1. The summed E-state index contributed by atoms with van der Waals surface area (Å²) in [5.74, 6) is 0. The van der Waals surface area contributed by atoms with Gasteiger partial charge in [-0.3, -0.25) is 9.82 Å². The van der Waals surface area contributed by atoms with Gasteiger partial charge >= 0.3 is 0 Å². The van der Waals surface area contributed by atoms with Gasteiger partial charge in [-0.25, -0.2) is 8.42 Å². The van der Waals surface area contributed by atoms with E-state index in [1.54, 1.807) is 36.5 Å². The van der Waals surface area contributed by atoms with Crippen molar-refractivity contribution in [1.82, 2.24) is 9.45 Å². The Labute approximate surface area is 105 Å². The molecule has 5 nitrogen and oxygen atoms in total. The van der Waals surface area contributed by atoms with Crippen LogP contribution in [0.4, 0.5) is 0 Å². The Morgan fingerprint density at radius 3 is 2.89 bits per heavy atom. The van der Waals surface area contributed by atoms with Crippen molar-refractivity contribution in [2.45, 2.75) is 11.3 Å². The molecule has 0 radical (unpaired) electrons. The zero-order chi connectivity index (χ0) is 12.6. The quantitative estimate of drug-likeness (QED) is 0.826. The molecule has 94 valence electrons. The summed E-state index contributed by atoms with van der Waals surface area (Å²) in [6, 6.07) is 8.55. The van der Waals surface area contributed by atoms with Gasteiger partial charge in [0.15, 0.2) is 0 Å². The van der Waals surface area contributed by atoms with E-state index in [2.05, 4.69) is 4.98 Å². The third-order valence-corrected chi connectivity index (χ3v) is 4.61. The summed E-state index contributed by atoms with van der Waals surface area (Å²) in [7, 11) is -3.59. The molecule has 0 amide bonds. The number of nitrogens with zero attached hydrogens (tertiary/aromatic N) is 2. The molecule has 1 aliphatic rings.